The van der Waals surface area contributed by atoms with E-state index in [0.717, 1.165) is 25.9 Å². The number of likely N-dealkylation sites (tertiary alicyclic amines) is 1. The van der Waals surface area contributed by atoms with E-state index in [-0.39, 0.29) is 11.8 Å². The van der Waals surface area contributed by atoms with Gasteiger partial charge in [0.15, 0.2) is 0 Å². The van der Waals surface area contributed by atoms with E-state index in [2.05, 4.69) is 0 Å². The molecular weight excluding hydrogens is 222 g/mol. The molecular formula is C12H19NO4. The van der Waals surface area contributed by atoms with Crippen LogP contribution in [0.4, 0.5) is 0 Å². The molecule has 0 spiro atoms. The van der Waals surface area contributed by atoms with Gasteiger partial charge in [-0.1, -0.05) is 0 Å². The fourth-order valence-electron chi connectivity index (χ4n) is 2.60. The fourth-order valence-corrected chi connectivity index (χ4v) is 2.60. The van der Waals surface area contributed by atoms with E-state index in [9.17, 15) is 9.59 Å². The van der Waals surface area contributed by atoms with Crippen molar-refractivity contribution >= 4 is 11.9 Å². The molecule has 2 aliphatic heterocycles. The molecule has 17 heavy (non-hydrogen) atoms. The van der Waals surface area contributed by atoms with Crippen LogP contribution in [-0.2, 0) is 14.3 Å². The van der Waals surface area contributed by atoms with Crippen molar-refractivity contribution in [1.82, 2.24) is 4.90 Å². The number of aliphatic carboxylic acids is 1. The Labute approximate surface area is 101 Å². The average molecular weight is 241 g/mol. The molecule has 5 nitrogen and oxygen atoms in total. The zero-order chi connectivity index (χ0) is 12.3. The van der Waals surface area contributed by atoms with Gasteiger partial charge in [-0.3, -0.25) is 4.79 Å². The highest BCUT2D eigenvalue weighted by Gasteiger charge is 2.33. The van der Waals surface area contributed by atoms with Crippen LogP contribution in [0, 0.1) is 5.92 Å². The molecule has 0 aliphatic carbocycles. The standard InChI is InChI=1S/C12H19NO4/c14-11(7-9-4-6-17-8-9)13-5-2-1-3-10(13)12(15)16/h9-10H,1-8H2,(H,15,16)/t9-,10-/m0/s1. The van der Waals surface area contributed by atoms with Gasteiger partial charge in [0.25, 0.3) is 0 Å². The Kier molecular flexibility index (Phi) is 3.99. The Balaban J connectivity index is 1.93. The van der Waals surface area contributed by atoms with Crippen molar-refractivity contribution in [3.8, 4) is 0 Å². The second-order valence-electron chi connectivity index (χ2n) is 4.87. The molecule has 2 rings (SSSR count). The molecule has 0 saturated carbocycles. The number of nitrogens with zero attached hydrogens (tertiary/aromatic N) is 1. The Bertz CT molecular complexity index is 299. The molecule has 2 saturated heterocycles. The summed E-state index contributed by atoms with van der Waals surface area (Å²) in [5.41, 5.74) is 0. The van der Waals surface area contributed by atoms with Crippen molar-refractivity contribution in [3.05, 3.63) is 0 Å². The molecule has 2 fully saturated rings. The predicted molar refractivity (Wildman–Crippen MR) is 60.5 cm³/mol. The number of carbonyl (C=O) groups excluding carboxylic acids is 1. The van der Waals surface area contributed by atoms with Crippen LogP contribution in [0.5, 0.6) is 0 Å². The van der Waals surface area contributed by atoms with E-state index in [0.29, 0.717) is 26.0 Å². The molecule has 0 bridgehead atoms. The molecule has 96 valence electrons. The summed E-state index contributed by atoms with van der Waals surface area (Å²) in [6.07, 6.45) is 3.74. The Hall–Kier alpha value is -1.10. The number of carboxylic acids is 1. The second kappa shape index (κ2) is 5.49. The van der Waals surface area contributed by atoms with Crippen LogP contribution in [-0.4, -0.2) is 47.7 Å². The number of ether oxygens (including phenoxy) is 1. The third-order valence-corrected chi connectivity index (χ3v) is 3.60. The summed E-state index contributed by atoms with van der Waals surface area (Å²) in [6.45, 7) is 1.95. The van der Waals surface area contributed by atoms with Gasteiger partial charge in [0, 0.05) is 26.2 Å². The number of hydrogen-bond donors (Lipinski definition) is 1. The van der Waals surface area contributed by atoms with Gasteiger partial charge in [0.1, 0.15) is 6.04 Å². The lowest BCUT2D eigenvalue weighted by Crippen LogP contribution is -2.48. The molecule has 0 aromatic carbocycles. The minimum atomic E-state index is -0.874. The highest BCUT2D eigenvalue weighted by molar-refractivity contribution is 5.84. The predicted octanol–water partition coefficient (Wildman–Crippen LogP) is 0.879. The minimum absolute atomic E-state index is 0.0207. The van der Waals surface area contributed by atoms with Crippen LogP contribution in [0.15, 0.2) is 0 Å². The van der Waals surface area contributed by atoms with Crippen molar-refractivity contribution in [2.75, 3.05) is 19.8 Å². The van der Waals surface area contributed by atoms with Gasteiger partial charge in [-0.15, -0.1) is 0 Å². The Morgan fingerprint density at radius 1 is 1.29 bits per heavy atom. The average Bonchev–Trinajstić information content (AvgIpc) is 2.81. The van der Waals surface area contributed by atoms with Crippen LogP contribution in [0.2, 0.25) is 0 Å². The van der Waals surface area contributed by atoms with Gasteiger partial charge < -0.3 is 14.7 Å². The highest BCUT2D eigenvalue weighted by atomic mass is 16.5. The topological polar surface area (TPSA) is 66.8 Å². The van der Waals surface area contributed by atoms with Gasteiger partial charge >= 0.3 is 5.97 Å². The normalized spacial score (nSPS) is 29.3. The van der Waals surface area contributed by atoms with Crippen LogP contribution in [0.25, 0.3) is 0 Å². The van der Waals surface area contributed by atoms with Crippen molar-refractivity contribution < 1.29 is 19.4 Å². The van der Waals surface area contributed by atoms with Crippen LogP contribution < -0.4 is 0 Å². The molecule has 0 aromatic rings. The Morgan fingerprint density at radius 2 is 2.12 bits per heavy atom. The smallest absolute Gasteiger partial charge is 0.326 e. The van der Waals surface area contributed by atoms with Gasteiger partial charge in [-0.2, -0.15) is 0 Å². The van der Waals surface area contributed by atoms with E-state index in [1.54, 1.807) is 4.90 Å². The fraction of sp³-hybridized carbons (Fsp3) is 0.833. The molecule has 0 aromatic heterocycles. The number of carbonyl (C=O) groups is 2. The first-order chi connectivity index (χ1) is 8.18. The molecule has 0 radical (unpaired) electrons. The first-order valence-corrected chi connectivity index (χ1v) is 6.28. The van der Waals surface area contributed by atoms with Crippen molar-refractivity contribution in [1.29, 1.82) is 0 Å². The monoisotopic (exact) mass is 241 g/mol. The minimum Gasteiger partial charge on any atom is -0.480 e. The maximum Gasteiger partial charge on any atom is 0.326 e. The lowest BCUT2D eigenvalue weighted by Gasteiger charge is -2.33. The van der Waals surface area contributed by atoms with Crippen molar-refractivity contribution in [2.45, 2.75) is 38.1 Å². The zero-order valence-corrected chi connectivity index (χ0v) is 9.93. The zero-order valence-electron chi connectivity index (χ0n) is 9.93. The molecule has 2 aliphatic rings. The van der Waals surface area contributed by atoms with Gasteiger partial charge in [0.05, 0.1) is 0 Å². The van der Waals surface area contributed by atoms with E-state index < -0.39 is 12.0 Å². The SMILES string of the molecule is O=C(O)[C@@H]1CCCCN1C(=O)C[C@@H]1CCOC1. The first kappa shape index (κ1) is 12.4. The quantitative estimate of drug-likeness (QED) is 0.796. The van der Waals surface area contributed by atoms with Gasteiger partial charge in [0.2, 0.25) is 5.91 Å². The Morgan fingerprint density at radius 3 is 2.76 bits per heavy atom. The maximum absolute atomic E-state index is 12.1. The first-order valence-electron chi connectivity index (χ1n) is 6.28. The maximum atomic E-state index is 12.1. The van der Waals surface area contributed by atoms with E-state index in [1.807, 2.05) is 0 Å². The summed E-state index contributed by atoms with van der Waals surface area (Å²) in [6, 6.07) is -0.612. The summed E-state index contributed by atoms with van der Waals surface area (Å²) < 4.78 is 5.23. The number of carboxylic acid groups (broad SMARTS) is 1. The largest absolute Gasteiger partial charge is 0.480 e. The summed E-state index contributed by atoms with van der Waals surface area (Å²) in [4.78, 5) is 24.7. The van der Waals surface area contributed by atoms with Crippen LogP contribution >= 0.6 is 0 Å². The molecule has 0 unspecified atom stereocenters. The summed E-state index contributed by atoms with van der Waals surface area (Å²) in [5, 5.41) is 9.10. The third kappa shape index (κ3) is 2.97. The molecule has 2 heterocycles. The second-order valence-corrected chi connectivity index (χ2v) is 4.87. The van der Waals surface area contributed by atoms with Crippen LogP contribution in [0.1, 0.15) is 32.1 Å². The number of rotatable bonds is 3. The number of amides is 1. The van der Waals surface area contributed by atoms with E-state index in [4.69, 9.17) is 9.84 Å². The van der Waals surface area contributed by atoms with Gasteiger partial charge in [-0.05, 0) is 31.6 Å². The highest BCUT2D eigenvalue weighted by Crippen LogP contribution is 2.22. The lowest BCUT2D eigenvalue weighted by molar-refractivity contribution is -0.152. The third-order valence-electron chi connectivity index (χ3n) is 3.60. The lowest BCUT2D eigenvalue weighted by atomic mass is 9.99. The van der Waals surface area contributed by atoms with Crippen molar-refractivity contribution in [3.63, 3.8) is 0 Å². The number of hydrogen-bond acceptors (Lipinski definition) is 3. The molecule has 5 heteroatoms. The molecule has 1 amide bonds. The van der Waals surface area contributed by atoms with Crippen molar-refractivity contribution in [2.24, 2.45) is 5.92 Å². The summed E-state index contributed by atoms with van der Waals surface area (Å²) in [7, 11) is 0. The van der Waals surface area contributed by atoms with Crippen LogP contribution in [0.3, 0.4) is 0 Å². The van der Waals surface area contributed by atoms with E-state index in [1.165, 1.54) is 0 Å². The number of piperidine rings is 1. The molecule has 1 N–H and O–H groups in total. The molecule has 2 atom stereocenters. The van der Waals surface area contributed by atoms with Gasteiger partial charge in [-0.25, -0.2) is 4.79 Å². The van der Waals surface area contributed by atoms with E-state index >= 15 is 0 Å². The summed E-state index contributed by atoms with van der Waals surface area (Å²) >= 11 is 0. The summed E-state index contributed by atoms with van der Waals surface area (Å²) in [5.74, 6) is -0.618.